The predicted molar refractivity (Wildman–Crippen MR) is 106 cm³/mol. The third-order valence-corrected chi connectivity index (χ3v) is 4.61. The predicted octanol–water partition coefficient (Wildman–Crippen LogP) is 4.00. The van der Waals surface area contributed by atoms with E-state index in [2.05, 4.69) is 10.4 Å². The van der Waals surface area contributed by atoms with Crippen molar-refractivity contribution in [1.82, 2.24) is 9.78 Å². The Morgan fingerprint density at radius 3 is 2.50 bits per heavy atom. The van der Waals surface area contributed by atoms with Crippen molar-refractivity contribution in [2.75, 3.05) is 5.32 Å². The highest BCUT2D eigenvalue weighted by atomic mass is 32.1. The fraction of sp³-hybridized carbons (Fsp3) is 0.0500. The quantitative estimate of drug-likeness (QED) is 0.535. The second kappa shape index (κ2) is 7.93. The number of benzene rings is 2. The maximum absolute atomic E-state index is 12.2. The number of carbonyl (C=O) groups is 1. The molecule has 0 aliphatic heterocycles. The van der Waals surface area contributed by atoms with Crippen molar-refractivity contribution in [3.8, 4) is 22.3 Å². The fourth-order valence-corrected chi connectivity index (χ4v) is 3.12. The first kappa shape index (κ1) is 17.7. The van der Waals surface area contributed by atoms with E-state index in [9.17, 15) is 9.59 Å². The van der Waals surface area contributed by atoms with E-state index in [0.717, 1.165) is 15.3 Å². The van der Waals surface area contributed by atoms with Crippen LogP contribution in [-0.2, 0) is 11.3 Å². The van der Waals surface area contributed by atoms with Gasteiger partial charge in [-0.05, 0) is 47.8 Å². The number of hydrogen-bond donors (Lipinski definition) is 1. The number of thiophene rings is 1. The summed E-state index contributed by atoms with van der Waals surface area (Å²) in [6.07, 6.45) is 0. The molecular weight excluding hydrogens is 378 g/mol. The molecule has 0 saturated carbocycles. The molecule has 2 aromatic carbocycles. The number of amides is 1. The highest BCUT2D eigenvalue weighted by Gasteiger charge is 2.14. The van der Waals surface area contributed by atoms with Crippen LogP contribution in [0.15, 0.2) is 81.3 Å². The zero-order valence-electron chi connectivity index (χ0n) is 14.6. The van der Waals surface area contributed by atoms with Gasteiger partial charge in [-0.15, -0.1) is 16.4 Å². The minimum Gasteiger partial charge on any atom is -0.457 e. The Kier molecular flexibility index (Phi) is 5.03. The summed E-state index contributed by atoms with van der Waals surface area (Å²) in [4.78, 5) is 24.8. The first-order chi connectivity index (χ1) is 13.7. The van der Waals surface area contributed by atoms with Crippen LogP contribution in [0, 0.1) is 0 Å². The lowest BCUT2D eigenvalue weighted by Gasteiger charge is -2.07. The van der Waals surface area contributed by atoms with Crippen LogP contribution < -0.4 is 15.8 Å². The Balaban J connectivity index is 1.38. The Morgan fingerprint density at radius 2 is 1.79 bits per heavy atom. The number of para-hydroxylation sites is 1. The van der Waals surface area contributed by atoms with Crippen molar-refractivity contribution in [3.63, 3.8) is 0 Å². The lowest BCUT2D eigenvalue weighted by atomic mass is 10.3. The molecule has 1 N–H and O–H groups in total. The zero-order valence-corrected chi connectivity index (χ0v) is 15.4. The molecule has 0 saturated heterocycles. The topological polar surface area (TPSA) is 86.4 Å². The minimum atomic E-state index is -0.676. The second-order valence-electron chi connectivity index (χ2n) is 5.80. The molecule has 4 aromatic rings. The molecule has 1 amide bonds. The molecule has 0 fully saturated rings. The van der Waals surface area contributed by atoms with Crippen LogP contribution in [-0.4, -0.2) is 15.7 Å². The maximum atomic E-state index is 12.2. The average Bonchev–Trinajstić information content (AvgIpc) is 3.35. The first-order valence-electron chi connectivity index (χ1n) is 8.42. The van der Waals surface area contributed by atoms with Gasteiger partial charge in [0.1, 0.15) is 18.0 Å². The normalized spacial score (nSPS) is 10.6. The van der Waals surface area contributed by atoms with E-state index in [1.807, 2.05) is 41.8 Å². The molecule has 2 aromatic heterocycles. The van der Waals surface area contributed by atoms with E-state index >= 15 is 0 Å². The van der Waals surface area contributed by atoms with Crippen LogP contribution in [0.2, 0.25) is 0 Å². The smallest absolute Gasteiger partial charge is 0.437 e. The number of nitrogens with zero attached hydrogens (tertiary/aromatic N) is 2. The summed E-state index contributed by atoms with van der Waals surface area (Å²) in [5.41, 5.74) is 0.584. The lowest BCUT2D eigenvalue weighted by Crippen LogP contribution is -2.25. The van der Waals surface area contributed by atoms with Crippen LogP contribution in [0.5, 0.6) is 11.5 Å². The number of carbonyl (C=O) groups excluding carboxylic acids is 1. The van der Waals surface area contributed by atoms with E-state index in [-0.39, 0.29) is 18.3 Å². The largest absolute Gasteiger partial charge is 0.457 e. The molecule has 0 unspecified atom stereocenters. The number of anilines is 1. The van der Waals surface area contributed by atoms with Gasteiger partial charge in [-0.3, -0.25) is 4.79 Å². The van der Waals surface area contributed by atoms with Gasteiger partial charge in [-0.1, -0.05) is 24.3 Å². The van der Waals surface area contributed by atoms with E-state index < -0.39 is 5.76 Å². The van der Waals surface area contributed by atoms with E-state index in [1.165, 1.54) is 11.3 Å². The molecule has 0 bridgehead atoms. The van der Waals surface area contributed by atoms with E-state index in [0.29, 0.717) is 11.4 Å². The number of aromatic nitrogens is 2. The number of ether oxygens (including phenoxy) is 1. The van der Waals surface area contributed by atoms with Gasteiger partial charge in [-0.2, -0.15) is 4.68 Å². The van der Waals surface area contributed by atoms with Crippen LogP contribution in [0.1, 0.15) is 0 Å². The molecule has 140 valence electrons. The standard InChI is InChI=1S/C20H15N3O4S/c24-18(13-23-20(25)27-19(22-23)17-7-4-12-28-17)21-14-8-10-16(11-9-14)26-15-5-2-1-3-6-15/h1-12H,13H2,(H,21,24). The van der Waals surface area contributed by atoms with Crippen LogP contribution in [0.4, 0.5) is 5.69 Å². The molecule has 7 nitrogen and oxygen atoms in total. The van der Waals surface area contributed by atoms with Crippen molar-refractivity contribution in [2.45, 2.75) is 6.54 Å². The molecule has 4 rings (SSSR count). The molecule has 28 heavy (non-hydrogen) atoms. The SMILES string of the molecule is O=C(Cn1nc(-c2cccs2)oc1=O)Nc1ccc(Oc2ccccc2)cc1. The number of rotatable bonds is 6. The maximum Gasteiger partial charge on any atom is 0.437 e. The average molecular weight is 393 g/mol. The summed E-state index contributed by atoms with van der Waals surface area (Å²) in [5.74, 6) is 0.522. The molecule has 0 aliphatic carbocycles. The number of nitrogens with one attached hydrogen (secondary N) is 1. The summed E-state index contributed by atoms with van der Waals surface area (Å²) < 4.78 is 11.8. The Labute approximate surface area is 163 Å². The molecule has 0 atom stereocenters. The van der Waals surface area contributed by atoms with Crippen LogP contribution >= 0.6 is 11.3 Å². The monoisotopic (exact) mass is 393 g/mol. The zero-order chi connectivity index (χ0) is 19.3. The molecule has 8 heteroatoms. The Bertz CT molecular complexity index is 1120. The second-order valence-corrected chi connectivity index (χ2v) is 6.74. The third-order valence-electron chi connectivity index (χ3n) is 3.75. The summed E-state index contributed by atoms with van der Waals surface area (Å²) >= 11 is 1.40. The summed E-state index contributed by atoms with van der Waals surface area (Å²) in [5, 5.41) is 8.63. The first-order valence-corrected chi connectivity index (χ1v) is 9.30. The van der Waals surface area contributed by atoms with Gasteiger partial charge in [0.05, 0.1) is 4.88 Å². The lowest BCUT2D eigenvalue weighted by molar-refractivity contribution is -0.117. The Morgan fingerprint density at radius 1 is 1.04 bits per heavy atom. The summed E-state index contributed by atoms with van der Waals surface area (Å²) in [6, 6.07) is 20.0. The van der Waals surface area contributed by atoms with Gasteiger partial charge in [-0.25, -0.2) is 4.79 Å². The van der Waals surface area contributed by atoms with Gasteiger partial charge < -0.3 is 14.5 Å². The summed E-state index contributed by atoms with van der Waals surface area (Å²) in [6.45, 7) is -0.240. The molecule has 0 aliphatic rings. The van der Waals surface area contributed by atoms with Crippen molar-refractivity contribution in [2.24, 2.45) is 0 Å². The highest BCUT2D eigenvalue weighted by molar-refractivity contribution is 7.13. The van der Waals surface area contributed by atoms with Gasteiger partial charge in [0, 0.05) is 5.69 Å². The van der Waals surface area contributed by atoms with Crippen molar-refractivity contribution in [1.29, 1.82) is 0 Å². The van der Waals surface area contributed by atoms with E-state index in [1.54, 1.807) is 30.3 Å². The summed E-state index contributed by atoms with van der Waals surface area (Å²) in [7, 11) is 0. The Hall–Kier alpha value is -3.65. The van der Waals surface area contributed by atoms with Crippen molar-refractivity contribution >= 4 is 22.9 Å². The van der Waals surface area contributed by atoms with Gasteiger partial charge in [0.2, 0.25) is 5.91 Å². The molecule has 0 spiro atoms. The van der Waals surface area contributed by atoms with Crippen LogP contribution in [0.3, 0.4) is 0 Å². The third kappa shape index (κ3) is 4.18. The minimum absolute atomic E-state index is 0.204. The van der Waals surface area contributed by atoms with Gasteiger partial charge in [0.25, 0.3) is 5.89 Å². The van der Waals surface area contributed by atoms with Crippen molar-refractivity contribution < 1.29 is 13.9 Å². The highest BCUT2D eigenvalue weighted by Crippen LogP contribution is 2.23. The van der Waals surface area contributed by atoms with E-state index in [4.69, 9.17) is 9.15 Å². The molecule has 2 heterocycles. The van der Waals surface area contributed by atoms with Gasteiger partial charge >= 0.3 is 5.76 Å². The molecular formula is C20H15N3O4S. The van der Waals surface area contributed by atoms with Crippen molar-refractivity contribution in [3.05, 3.63) is 82.7 Å². The fourth-order valence-electron chi connectivity index (χ4n) is 2.47. The van der Waals surface area contributed by atoms with Crippen LogP contribution in [0.25, 0.3) is 10.8 Å². The van der Waals surface area contributed by atoms with Gasteiger partial charge in [0.15, 0.2) is 0 Å². The molecule has 0 radical (unpaired) electrons. The number of hydrogen-bond acceptors (Lipinski definition) is 6.